The molecule has 7 heteroatoms. The van der Waals surface area contributed by atoms with E-state index in [4.69, 9.17) is 9.84 Å². The summed E-state index contributed by atoms with van der Waals surface area (Å²) in [5.41, 5.74) is 1.33. The number of carboxylic acids is 1. The van der Waals surface area contributed by atoms with Crippen LogP contribution in [0, 0.1) is 5.82 Å². The number of nitrogens with zero attached hydrogens (tertiary/aromatic N) is 2. The minimum atomic E-state index is -1.01. The molecule has 1 aromatic carbocycles. The van der Waals surface area contributed by atoms with Crippen LogP contribution < -0.4 is 4.90 Å². The number of methoxy groups -OCH3 is 1. The minimum absolute atomic E-state index is 0.155. The van der Waals surface area contributed by atoms with Gasteiger partial charge in [0.2, 0.25) is 0 Å². The second kappa shape index (κ2) is 6.64. The van der Waals surface area contributed by atoms with Crippen molar-refractivity contribution in [2.75, 3.05) is 19.1 Å². The quantitative estimate of drug-likeness (QED) is 0.889. The maximum atomic E-state index is 12.9. The normalized spacial score (nSPS) is 10.6. The van der Waals surface area contributed by atoms with Crippen LogP contribution in [-0.2, 0) is 17.9 Å². The van der Waals surface area contributed by atoms with Crippen LogP contribution >= 0.6 is 11.3 Å². The third-order valence-corrected chi connectivity index (χ3v) is 4.02. The van der Waals surface area contributed by atoms with E-state index in [1.807, 2.05) is 11.9 Å². The second-order valence-corrected chi connectivity index (χ2v) is 5.47. The minimum Gasteiger partial charge on any atom is -0.477 e. The summed E-state index contributed by atoms with van der Waals surface area (Å²) in [6.45, 7) is 0.668. The van der Waals surface area contributed by atoms with Gasteiger partial charge in [0.05, 0.1) is 12.3 Å². The number of hydrogen-bond donors (Lipinski definition) is 1. The molecule has 0 fully saturated rings. The SMILES string of the molecule is COCc1nc(N(C)Cc2ccc(F)cc2)sc1C(=O)O. The standard InChI is InChI=1S/C14H15FN2O3S/c1-17(7-9-3-5-10(15)6-4-9)14-16-11(8-20-2)12(21-14)13(18)19/h3-6H,7-8H2,1-2H3,(H,18,19). The van der Waals surface area contributed by atoms with Gasteiger partial charge in [0.25, 0.3) is 0 Å². The van der Waals surface area contributed by atoms with Crippen LogP contribution in [-0.4, -0.2) is 30.2 Å². The molecule has 0 spiro atoms. The van der Waals surface area contributed by atoms with Gasteiger partial charge in [-0.25, -0.2) is 14.2 Å². The van der Waals surface area contributed by atoms with Gasteiger partial charge in [-0.15, -0.1) is 0 Å². The number of carbonyl (C=O) groups is 1. The molecular formula is C14H15FN2O3S. The van der Waals surface area contributed by atoms with E-state index in [2.05, 4.69) is 4.98 Å². The molecule has 112 valence electrons. The van der Waals surface area contributed by atoms with Crippen LogP contribution in [0.25, 0.3) is 0 Å². The van der Waals surface area contributed by atoms with Crippen molar-refractivity contribution in [2.24, 2.45) is 0 Å². The van der Waals surface area contributed by atoms with Crippen molar-refractivity contribution in [3.8, 4) is 0 Å². The van der Waals surface area contributed by atoms with Crippen LogP contribution in [0.4, 0.5) is 9.52 Å². The van der Waals surface area contributed by atoms with Crippen LogP contribution in [0.3, 0.4) is 0 Å². The monoisotopic (exact) mass is 310 g/mol. The predicted molar refractivity (Wildman–Crippen MR) is 78.3 cm³/mol. The van der Waals surface area contributed by atoms with Gasteiger partial charge in [-0.05, 0) is 17.7 Å². The molecule has 1 heterocycles. The summed E-state index contributed by atoms with van der Waals surface area (Å²) in [5.74, 6) is -1.30. The number of ether oxygens (including phenoxy) is 1. The molecule has 21 heavy (non-hydrogen) atoms. The second-order valence-electron chi connectivity index (χ2n) is 4.49. The summed E-state index contributed by atoms with van der Waals surface area (Å²) in [5, 5.41) is 9.75. The van der Waals surface area contributed by atoms with Crippen molar-refractivity contribution in [3.63, 3.8) is 0 Å². The zero-order valence-corrected chi connectivity index (χ0v) is 12.5. The Balaban J connectivity index is 2.18. The number of aromatic carboxylic acids is 1. The largest absolute Gasteiger partial charge is 0.477 e. The van der Waals surface area contributed by atoms with Gasteiger partial charge in [0.15, 0.2) is 5.13 Å². The Morgan fingerprint density at radius 3 is 2.67 bits per heavy atom. The highest BCUT2D eigenvalue weighted by Gasteiger charge is 2.19. The number of thiazole rings is 1. The Morgan fingerprint density at radius 2 is 2.10 bits per heavy atom. The molecule has 0 radical (unpaired) electrons. The van der Waals surface area contributed by atoms with Gasteiger partial charge in [-0.2, -0.15) is 0 Å². The number of aromatic nitrogens is 1. The van der Waals surface area contributed by atoms with E-state index in [1.54, 1.807) is 12.1 Å². The first-order chi connectivity index (χ1) is 10.0. The molecule has 0 unspecified atom stereocenters. The lowest BCUT2D eigenvalue weighted by Gasteiger charge is -2.15. The Labute approximate surface area is 125 Å². The maximum absolute atomic E-state index is 12.9. The maximum Gasteiger partial charge on any atom is 0.347 e. The van der Waals surface area contributed by atoms with Gasteiger partial charge in [0.1, 0.15) is 10.7 Å². The number of carboxylic acid groups (broad SMARTS) is 1. The summed E-state index contributed by atoms with van der Waals surface area (Å²) >= 11 is 1.10. The topological polar surface area (TPSA) is 62.7 Å². The molecular weight excluding hydrogens is 295 g/mol. The molecule has 0 amide bonds. The fraction of sp³-hybridized carbons (Fsp3) is 0.286. The Morgan fingerprint density at radius 1 is 1.43 bits per heavy atom. The molecule has 0 aliphatic carbocycles. The zero-order chi connectivity index (χ0) is 15.4. The molecule has 2 aromatic rings. The fourth-order valence-electron chi connectivity index (χ4n) is 1.84. The van der Waals surface area contributed by atoms with E-state index in [1.165, 1.54) is 19.2 Å². The van der Waals surface area contributed by atoms with Crippen molar-refractivity contribution in [2.45, 2.75) is 13.2 Å². The summed E-state index contributed by atoms with van der Waals surface area (Å²) in [7, 11) is 3.30. The highest BCUT2D eigenvalue weighted by atomic mass is 32.1. The lowest BCUT2D eigenvalue weighted by atomic mass is 10.2. The van der Waals surface area contributed by atoms with Crippen molar-refractivity contribution in [1.82, 2.24) is 4.98 Å². The van der Waals surface area contributed by atoms with Crippen LogP contribution in [0.15, 0.2) is 24.3 Å². The molecule has 0 atom stereocenters. The van der Waals surface area contributed by atoms with Crippen molar-refractivity contribution >= 4 is 22.4 Å². The molecule has 5 nitrogen and oxygen atoms in total. The highest BCUT2D eigenvalue weighted by Crippen LogP contribution is 2.27. The molecule has 0 saturated heterocycles. The van der Waals surface area contributed by atoms with Crippen molar-refractivity contribution in [1.29, 1.82) is 0 Å². The molecule has 0 saturated carbocycles. The summed E-state index contributed by atoms with van der Waals surface area (Å²) in [4.78, 5) is 17.5. The fourth-order valence-corrected chi connectivity index (χ4v) is 2.70. The lowest BCUT2D eigenvalue weighted by molar-refractivity contribution is 0.0697. The van der Waals surface area contributed by atoms with Crippen molar-refractivity contribution in [3.05, 3.63) is 46.2 Å². The van der Waals surface area contributed by atoms with Gasteiger partial charge in [-0.1, -0.05) is 23.5 Å². The van der Waals surface area contributed by atoms with E-state index < -0.39 is 5.97 Å². The summed E-state index contributed by atoms with van der Waals surface area (Å²) in [6.07, 6.45) is 0. The molecule has 1 aromatic heterocycles. The van der Waals surface area contributed by atoms with E-state index in [-0.39, 0.29) is 17.3 Å². The first-order valence-electron chi connectivity index (χ1n) is 6.18. The predicted octanol–water partition coefficient (Wildman–Crippen LogP) is 2.76. The number of rotatable bonds is 6. The average Bonchev–Trinajstić information content (AvgIpc) is 2.86. The number of halogens is 1. The Bertz CT molecular complexity index is 628. The lowest BCUT2D eigenvalue weighted by Crippen LogP contribution is -2.16. The third kappa shape index (κ3) is 3.77. The summed E-state index contributed by atoms with van der Waals surface area (Å²) in [6, 6.07) is 6.16. The molecule has 0 aliphatic heterocycles. The average molecular weight is 310 g/mol. The molecule has 2 rings (SSSR count). The van der Waals surface area contributed by atoms with Crippen molar-refractivity contribution < 1.29 is 19.0 Å². The number of hydrogen-bond acceptors (Lipinski definition) is 5. The zero-order valence-electron chi connectivity index (χ0n) is 11.7. The Hall–Kier alpha value is -1.99. The smallest absolute Gasteiger partial charge is 0.347 e. The van der Waals surface area contributed by atoms with Gasteiger partial charge in [0, 0.05) is 20.7 Å². The molecule has 1 N–H and O–H groups in total. The molecule has 0 bridgehead atoms. The van der Waals surface area contributed by atoms with E-state index in [0.29, 0.717) is 17.4 Å². The van der Waals surface area contributed by atoms with E-state index in [0.717, 1.165) is 16.9 Å². The van der Waals surface area contributed by atoms with Crippen LogP contribution in [0.1, 0.15) is 20.9 Å². The van der Waals surface area contributed by atoms with Gasteiger partial charge in [-0.3, -0.25) is 0 Å². The molecule has 0 aliphatic rings. The van der Waals surface area contributed by atoms with Gasteiger partial charge < -0.3 is 14.7 Å². The first-order valence-corrected chi connectivity index (χ1v) is 7.00. The van der Waals surface area contributed by atoms with E-state index in [9.17, 15) is 9.18 Å². The number of benzene rings is 1. The summed E-state index contributed by atoms with van der Waals surface area (Å²) < 4.78 is 17.8. The van der Waals surface area contributed by atoms with E-state index >= 15 is 0 Å². The van der Waals surface area contributed by atoms with Gasteiger partial charge >= 0.3 is 5.97 Å². The highest BCUT2D eigenvalue weighted by molar-refractivity contribution is 7.17. The third-order valence-electron chi connectivity index (χ3n) is 2.82. The number of anilines is 1. The van der Waals surface area contributed by atoms with Crippen LogP contribution in [0.2, 0.25) is 0 Å². The first kappa shape index (κ1) is 15.4. The van der Waals surface area contributed by atoms with Crippen LogP contribution in [0.5, 0.6) is 0 Å². The Kier molecular flexibility index (Phi) is 4.87.